The molecule has 2 N–H and O–H groups in total. The maximum absolute atomic E-state index is 9.90. The summed E-state index contributed by atoms with van der Waals surface area (Å²) in [5.41, 5.74) is 1.23. The molecule has 6 nitrogen and oxygen atoms in total. The summed E-state index contributed by atoms with van der Waals surface area (Å²) in [7, 11) is 0. The van der Waals surface area contributed by atoms with Gasteiger partial charge in [0.2, 0.25) is 0 Å². The minimum atomic E-state index is -0.122. The van der Waals surface area contributed by atoms with Crippen LogP contribution in [0.5, 0.6) is 0 Å². The topological polar surface area (TPSA) is 60.3 Å². The standard InChI is InChI=1S/C23H38N4O2.HI/c1-4-23(5-2,18-28)17-25-22(24-6-3)27-15-20-21(16-27)29-13-12-26(20)14-19-10-8-7-9-11-19;/h7-11,20-21,28H,4-6,12-18H2,1-3H3,(H,24,25);1H. The first kappa shape index (κ1) is 25.4. The predicted molar refractivity (Wildman–Crippen MR) is 133 cm³/mol. The Morgan fingerprint density at radius 2 is 1.93 bits per heavy atom. The van der Waals surface area contributed by atoms with Gasteiger partial charge in [-0.05, 0) is 25.3 Å². The van der Waals surface area contributed by atoms with E-state index in [1.54, 1.807) is 0 Å². The lowest BCUT2D eigenvalue weighted by atomic mass is 9.83. The molecule has 30 heavy (non-hydrogen) atoms. The highest BCUT2D eigenvalue weighted by atomic mass is 127. The molecular weight excluding hydrogens is 491 g/mol. The van der Waals surface area contributed by atoms with Crippen LogP contribution in [0.25, 0.3) is 0 Å². The summed E-state index contributed by atoms with van der Waals surface area (Å²) in [6.07, 6.45) is 2.08. The van der Waals surface area contributed by atoms with Crippen molar-refractivity contribution in [1.82, 2.24) is 15.1 Å². The third-order valence-corrected chi connectivity index (χ3v) is 6.68. The highest BCUT2D eigenvalue weighted by Gasteiger charge is 2.41. The van der Waals surface area contributed by atoms with Gasteiger partial charge in [-0.2, -0.15) is 0 Å². The summed E-state index contributed by atoms with van der Waals surface area (Å²) < 4.78 is 6.13. The number of aliphatic hydroxyl groups excluding tert-OH is 1. The van der Waals surface area contributed by atoms with E-state index in [2.05, 4.69) is 66.2 Å². The first-order valence-electron chi connectivity index (χ1n) is 11.2. The lowest BCUT2D eigenvalue weighted by molar-refractivity contribution is -0.0502. The molecule has 2 atom stereocenters. The van der Waals surface area contributed by atoms with Crippen LogP contribution in [0.15, 0.2) is 35.3 Å². The molecule has 2 aliphatic rings. The van der Waals surface area contributed by atoms with E-state index in [9.17, 15) is 5.11 Å². The summed E-state index contributed by atoms with van der Waals surface area (Å²) in [6, 6.07) is 11.1. The van der Waals surface area contributed by atoms with Crippen LogP contribution < -0.4 is 5.32 Å². The second kappa shape index (κ2) is 12.2. The van der Waals surface area contributed by atoms with Crippen LogP contribution in [0.1, 0.15) is 39.2 Å². The first-order valence-corrected chi connectivity index (χ1v) is 11.2. The summed E-state index contributed by atoms with van der Waals surface area (Å²) in [5, 5.41) is 13.4. The third kappa shape index (κ3) is 6.08. The van der Waals surface area contributed by atoms with Crippen molar-refractivity contribution in [2.45, 2.75) is 52.3 Å². The van der Waals surface area contributed by atoms with Crippen LogP contribution in [0.2, 0.25) is 0 Å². The Morgan fingerprint density at radius 1 is 1.20 bits per heavy atom. The van der Waals surface area contributed by atoms with Gasteiger partial charge < -0.3 is 20.1 Å². The zero-order chi connectivity index (χ0) is 20.7. The molecule has 0 aromatic heterocycles. The number of fused-ring (bicyclic) bond motifs is 1. The minimum Gasteiger partial charge on any atom is -0.396 e. The zero-order valence-corrected chi connectivity index (χ0v) is 21.0. The van der Waals surface area contributed by atoms with Crippen LogP contribution in [0.3, 0.4) is 0 Å². The molecular formula is C23H39IN4O2. The molecule has 1 aromatic carbocycles. The van der Waals surface area contributed by atoms with E-state index in [1.165, 1.54) is 5.56 Å². The van der Waals surface area contributed by atoms with Gasteiger partial charge in [0.05, 0.1) is 31.9 Å². The average molecular weight is 530 g/mol. The molecule has 0 bridgehead atoms. The van der Waals surface area contributed by atoms with Crippen molar-refractivity contribution in [3.63, 3.8) is 0 Å². The van der Waals surface area contributed by atoms with Gasteiger partial charge in [-0.3, -0.25) is 9.89 Å². The molecule has 2 unspecified atom stereocenters. The normalized spacial score (nSPS) is 22.5. The van der Waals surface area contributed by atoms with Crippen LogP contribution in [0, 0.1) is 5.41 Å². The van der Waals surface area contributed by atoms with Gasteiger partial charge in [-0.1, -0.05) is 44.2 Å². The van der Waals surface area contributed by atoms with Crippen molar-refractivity contribution in [1.29, 1.82) is 0 Å². The minimum absolute atomic E-state index is 0. The molecule has 3 rings (SSSR count). The van der Waals surface area contributed by atoms with Crippen LogP contribution in [-0.4, -0.2) is 78.9 Å². The number of ether oxygens (including phenoxy) is 1. The summed E-state index contributed by atoms with van der Waals surface area (Å²) in [6.45, 7) is 12.6. The number of hydrogen-bond donors (Lipinski definition) is 2. The number of halogens is 1. The van der Waals surface area contributed by atoms with Crippen molar-refractivity contribution in [3.05, 3.63) is 35.9 Å². The molecule has 170 valence electrons. The summed E-state index contributed by atoms with van der Waals surface area (Å²) >= 11 is 0. The number of morpholine rings is 1. The Kier molecular flexibility index (Phi) is 10.3. The van der Waals surface area contributed by atoms with E-state index in [4.69, 9.17) is 9.73 Å². The fraction of sp³-hybridized carbons (Fsp3) is 0.696. The van der Waals surface area contributed by atoms with Crippen molar-refractivity contribution >= 4 is 29.9 Å². The molecule has 0 amide bonds. The summed E-state index contributed by atoms with van der Waals surface area (Å²) in [4.78, 5) is 9.85. The van der Waals surface area contributed by atoms with Crippen LogP contribution in [0.4, 0.5) is 0 Å². The van der Waals surface area contributed by atoms with Crippen molar-refractivity contribution in [2.75, 3.05) is 45.9 Å². The Balaban J connectivity index is 0.00000320. The van der Waals surface area contributed by atoms with E-state index in [-0.39, 0.29) is 42.1 Å². The van der Waals surface area contributed by atoms with E-state index >= 15 is 0 Å². The largest absolute Gasteiger partial charge is 0.396 e. The van der Waals surface area contributed by atoms with Gasteiger partial charge in [0.1, 0.15) is 0 Å². The van der Waals surface area contributed by atoms with Gasteiger partial charge in [-0.25, -0.2) is 0 Å². The van der Waals surface area contributed by atoms with Crippen LogP contribution >= 0.6 is 24.0 Å². The molecule has 2 heterocycles. The fourth-order valence-corrected chi connectivity index (χ4v) is 4.36. The SMILES string of the molecule is CCNC(=NCC(CC)(CC)CO)N1CC2OCCN(Cc3ccccc3)C2C1.I. The molecule has 0 saturated carbocycles. The van der Waals surface area contributed by atoms with Crippen molar-refractivity contribution in [3.8, 4) is 0 Å². The lowest BCUT2D eigenvalue weighted by Gasteiger charge is -2.36. The smallest absolute Gasteiger partial charge is 0.194 e. The molecule has 0 radical (unpaired) electrons. The maximum atomic E-state index is 9.90. The molecule has 2 aliphatic heterocycles. The molecule has 0 spiro atoms. The average Bonchev–Trinajstić information content (AvgIpc) is 3.20. The highest BCUT2D eigenvalue weighted by Crippen LogP contribution is 2.27. The van der Waals surface area contributed by atoms with Gasteiger partial charge in [0, 0.05) is 38.1 Å². The molecule has 0 aliphatic carbocycles. The Bertz CT molecular complexity index is 646. The van der Waals surface area contributed by atoms with Gasteiger partial charge >= 0.3 is 0 Å². The number of rotatable bonds is 8. The van der Waals surface area contributed by atoms with Crippen molar-refractivity contribution in [2.24, 2.45) is 10.4 Å². The second-order valence-electron chi connectivity index (χ2n) is 8.37. The molecule has 2 fully saturated rings. The number of nitrogens with zero attached hydrogens (tertiary/aromatic N) is 3. The number of likely N-dealkylation sites (tertiary alicyclic amines) is 1. The zero-order valence-electron chi connectivity index (χ0n) is 18.7. The number of hydrogen-bond acceptors (Lipinski definition) is 4. The predicted octanol–water partition coefficient (Wildman–Crippen LogP) is 2.95. The number of aliphatic imine (C=N–C) groups is 1. The van der Waals surface area contributed by atoms with Gasteiger partial charge in [0.25, 0.3) is 0 Å². The molecule has 2 saturated heterocycles. The number of benzene rings is 1. The number of nitrogens with one attached hydrogen (secondary N) is 1. The van der Waals surface area contributed by atoms with E-state index in [0.29, 0.717) is 12.6 Å². The summed E-state index contributed by atoms with van der Waals surface area (Å²) in [5.74, 6) is 0.949. The third-order valence-electron chi connectivity index (χ3n) is 6.68. The number of guanidine groups is 1. The van der Waals surface area contributed by atoms with E-state index < -0.39 is 0 Å². The second-order valence-corrected chi connectivity index (χ2v) is 8.37. The van der Waals surface area contributed by atoms with Crippen LogP contribution in [-0.2, 0) is 11.3 Å². The maximum Gasteiger partial charge on any atom is 0.194 e. The Labute approximate surface area is 199 Å². The number of aliphatic hydroxyl groups is 1. The first-order chi connectivity index (χ1) is 14.1. The monoisotopic (exact) mass is 530 g/mol. The Morgan fingerprint density at radius 3 is 2.57 bits per heavy atom. The fourth-order valence-electron chi connectivity index (χ4n) is 4.36. The van der Waals surface area contributed by atoms with E-state index in [1.807, 2.05) is 0 Å². The highest BCUT2D eigenvalue weighted by molar-refractivity contribution is 14.0. The Hall–Kier alpha value is -0.900. The van der Waals surface area contributed by atoms with Gasteiger partial charge in [0.15, 0.2) is 5.96 Å². The molecule has 1 aromatic rings. The molecule has 7 heteroatoms. The lowest BCUT2D eigenvalue weighted by Crippen LogP contribution is -2.50. The van der Waals surface area contributed by atoms with Crippen molar-refractivity contribution < 1.29 is 9.84 Å². The van der Waals surface area contributed by atoms with Gasteiger partial charge in [-0.15, -0.1) is 24.0 Å². The quantitative estimate of drug-likeness (QED) is 0.308. The van der Waals surface area contributed by atoms with E-state index in [0.717, 1.165) is 58.1 Å².